The molecule has 1 saturated heterocycles. The number of ether oxygens (including phenoxy) is 4. The van der Waals surface area contributed by atoms with Gasteiger partial charge in [-0.3, -0.25) is 4.79 Å². The van der Waals surface area contributed by atoms with Crippen LogP contribution in [-0.2, 0) is 23.8 Å². The first-order valence-corrected chi connectivity index (χ1v) is 16.2. The predicted octanol–water partition coefficient (Wildman–Crippen LogP) is 3.70. The van der Waals surface area contributed by atoms with Gasteiger partial charge in [-0.05, 0) is 71.8 Å². The van der Waals surface area contributed by atoms with Gasteiger partial charge < -0.3 is 59.1 Å². The second kappa shape index (κ2) is 15.8. The quantitative estimate of drug-likeness (QED) is 0.0798. The average molecular weight is 741 g/mol. The molecule has 0 bridgehead atoms. The molecule has 1 aliphatic heterocycles. The highest BCUT2D eigenvalue weighted by atomic mass is 16.7. The molecule has 7 N–H and O–H groups in total. The highest BCUT2D eigenvalue weighted by Gasteiger charge is 2.49. The molecule has 0 aliphatic carbocycles. The molecule has 5 atom stereocenters. The van der Waals surface area contributed by atoms with Gasteiger partial charge in [0.25, 0.3) is 0 Å². The first-order valence-electron chi connectivity index (χ1n) is 16.2. The zero-order valence-electron chi connectivity index (χ0n) is 27.9. The summed E-state index contributed by atoms with van der Waals surface area (Å²) in [7, 11) is 0. The number of fused-ring (bicyclic) bond motifs is 1. The Labute approximate surface area is 305 Å². The van der Waals surface area contributed by atoms with Crippen LogP contribution in [-0.4, -0.2) is 85.0 Å². The van der Waals surface area contributed by atoms with Crippen molar-refractivity contribution in [2.75, 3.05) is 6.61 Å². The summed E-state index contributed by atoms with van der Waals surface area (Å²) in [5, 5.41) is 71.5. The second-order valence-corrected chi connectivity index (χ2v) is 12.0. The van der Waals surface area contributed by atoms with Crippen LogP contribution in [0.25, 0.3) is 34.4 Å². The zero-order chi connectivity index (χ0) is 38.5. The van der Waals surface area contributed by atoms with E-state index >= 15 is 0 Å². The van der Waals surface area contributed by atoms with Crippen molar-refractivity contribution in [3.63, 3.8) is 0 Å². The lowest BCUT2D eigenvalue weighted by Crippen LogP contribution is -2.61. The van der Waals surface area contributed by atoms with Gasteiger partial charge in [0.15, 0.2) is 11.9 Å². The molecule has 0 amide bonds. The predicted molar refractivity (Wildman–Crippen MR) is 189 cm³/mol. The maximum Gasteiger partial charge on any atom is 0.331 e. The number of aromatic hydroxyl groups is 5. The number of carbonyl (C=O) groups is 2. The Hall–Kier alpha value is -6.81. The van der Waals surface area contributed by atoms with Crippen LogP contribution in [0.3, 0.4) is 0 Å². The lowest BCUT2D eigenvalue weighted by molar-refractivity contribution is -0.282. The molecular weight excluding hydrogens is 708 g/mol. The second-order valence-electron chi connectivity index (χ2n) is 12.0. The van der Waals surface area contributed by atoms with Crippen molar-refractivity contribution in [1.29, 1.82) is 0 Å². The molecule has 54 heavy (non-hydrogen) atoms. The number of benzene rings is 4. The third kappa shape index (κ3) is 8.45. The number of esters is 2. The van der Waals surface area contributed by atoms with Crippen molar-refractivity contribution in [1.82, 2.24) is 0 Å². The molecule has 0 saturated carbocycles. The van der Waals surface area contributed by atoms with E-state index in [1.807, 2.05) is 0 Å². The summed E-state index contributed by atoms with van der Waals surface area (Å²) in [4.78, 5) is 39.6. The Morgan fingerprint density at radius 2 is 1.26 bits per heavy atom. The van der Waals surface area contributed by atoms with Gasteiger partial charge in [-0.25, -0.2) is 9.59 Å². The van der Waals surface area contributed by atoms with Gasteiger partial charge in [0.2, 0.25) is 17.5 Å². The Bertz CT molecular complexity index is 2260. The van der Waals surface area contributed by atoms with E-state index in [9.17, 15) is 50.1 Å². The van der Waals surface area contributed by atoms with Crippen molar-refractivity contribution >= 4 is 35.1 Å². The van der Waals surface area contributed by atoms with Gasteiger partial charge in [-0.15, -0.1) is 0 Å². The number of aliphatic hydroxyl groups is 2. The smallest absolute Gasteiger partial charge is 0.331 e. The van der Waals surface area contributed by atoms with Crippen molar-refractivity contribution in [3.8, 4) is 45.8 Å². The van der Waals surface area contributed by atoms with Crippen LogP contribution in [0.5, 0.6) is 34.5 Å². The molecule has 2 heterocycles. The third-order valence-corrected chi connectivity index (χ3v) is 8.18. The van der Waals surface area contributed by atoms with Crippen LogP contribution in [0.2, 0.25) is 0 Å². The van der Waals surface area contributed by atoms with Gasteiger partial charge in [0.05, 0.1) is 0 Å². The third-order valence-electron chi connectivity index (χ3n) is 8.18. The highest BCUT2D eigenvalue weighted by Crippen LogP contribution is 2.38. The maximum atomic E-state index is 14.0. The molecule has 15 heteroatoms. The van der Waals surface area contributed by atoms with E-state index in [2.05, 4.69) is 0 Å². The molecular formula is C39H32O15. The topological polar surface area (TPSA) is 243 Å². The maximum absolute atomic E-state index is 14.0. The van der Waals surface area contributed by atoms with Crippen LogP contribution in [0.15, 0.2) is 106 Å². The van der Waals surface area contributed by atoms with Crippen LogP contribution < -0.4 is 10.2 Å². The summed E-state index contributed by atoms with van der Waals surface area (Å²) in [5.41, 5.74) is -0.0115. The summed E-state index contributed by atoms with van der Waals surface area (Å²) in [5.74, 6) is -4.04. The van der Waals surface area contributed by atoms with Crippen LogP contribution in [0.1, 0.15) is 11.1 Å². The molecule has 278 valence electrons. The van der Waals surface area contributed by atoms with E-state index in [-0.39, 0.29) is 34.2 Å². The largest absolute Gasteiger partial charge is 0.508 e. The number of aliphatic hydroxyl groups excluding tert-OH is 2. The number of phenols is 5. The minimum Gasteiger partial charge on any atom is -0.508 e. The Morgan fingerprint density at radius 1 is 0.704 bits per heavy atom. The Morgan fingerprint density at radius 3 is 1.85 bits per heavy atom. The van der Waals surface area contributed by atoms with Gasteiger partial charge in [-0.1, -0.05) is 24.3 Å². The monoisotopic (exact) mass is 740 g/mol. The van der Waals surface area contributed by atoms with E-state index in [0.29, 0.717) is 11.1 Å². The van der Waals surface area contributed by atoms with E-state index in [1.165, 1.54) is 72.8 Å². The first kappa shape index (κ1) is 37.0. The number of rotatable bonds is 10. The summed E-state index contributed by atoms with van der Waals surface area (Å²) in [6.45, 7) is -0.657. The number of hydrogen-bond acceptors (Lipinski definition) is 15. The highest BCUT2D eigenvalue weighted by molar-refractivity contribution is 5.89. The lowest BCUT2D eigenvalue weighted by Gasteiger charge is -2.41. The van der Waals surface area contributed by atoms with Gasteiger partial charge >= 0.3 is 11.9 Å². The minimum absolute atomic E-state index is 0.00487. The van der Waals surface area contributed by atoms with Crippen LogP contribution in [0, 0.1) is 0 Å². The summed E-state index contributed by atoms with van der Waals surface area (Å²) < 4.78 is 28.6. The number of phenolic OH excluding ortho intramolecular Hbond substituents is 5. The molecule has 5 unspecified atom stereocenters. The molecule has 15 nitrogen and oxygen atoms in total. The first-order chi connectivity index (χ1) is 25.9. The molecule has 1 fully saturated rings. The Balaban J connectivity index is 1.33. The fourth-order valence-corrected chi connectivity index (χ4v) is 5.44. The summed E-state index contributed by atoms with van der Waals surface area (Å²) >= 11 is 0. The minimum atomic E-state index is -1.96. The fourth-order valence-electron chi connectivity index (χ4n) is 5.44. The molecule has 6 rings (SSSR count). The molecule has 0 radical (unpaired) electrons. The summed E-state index contributed by atoms with van der Waals surface area (Å²) in [6.07, 6.45) is -4.24. The molecule has 4 aromatic carbocycles. The van der Waals surface area contributed by atoms with Crippen molar-refractivity contribution in [2.45, 2.75) is 30.7 Å². The van der Waals surface area contributed by atoms with Crippen molar-refractivity contribution in [3.05, 3.63) is 118 Å². The standard InChI is InChI=1S/C39H32O15/c40-23-9-1-20(2-10-23)5-15-30(45)50-19-29-33(47)35(49)38(53-31(46)16-6-21-3-11-24(41)12-4-21)39(52-29)54-37-34(48)32-27(44)17-26(43)18-28(32)51-36(37)22-7-13-25(42)14-8-22/h1-18,29,33,35,38-44,47,49H,19H2/b15-5+,16-6+. The number of carbonyl (C=O) groups excluding carboxylic acids is 2. The molecule has 1 aliphatic rings. The van der Waals surface area contributed by atoms with Gasteiger partial charge in [0.1, 0.15) is 64.6 Å². The Kier molecular flexibility index (Phi) is 10.8. The van der Waals surface area contributed by atoms with E-state index in [4.69, 9.17) is 23.4 Å². The van der Waals surface area contributed by atoms with E-state index < -0.39 is 77.3 Å². The van der Waals surface area contributed by atoms with Gasteiger partial charge in [0, 0.05) is 29.8 Å². The zero-order valence-corrected chi connectivity index (χ0v) is 27.9. The fraction of sp³-hybridized carbons (Fsp3) is 0.154. The normalized spacial score (nSPS) is 19.9. The van der Waals surface area contributed by atoms with Gasteiger partial charge in [-0.2, -0.15) is 0 Å². The van der Waals surface area contributed by atoms with Crippen LogP contribution in [0.4, 0.5) is 0 Å². The number of hydrogen-bond donors (Lipinski definition) is 7. The van der Waals surface area contributed by atoms with Crippen LogP contribution >= 0.6 is 0 Å². The molecule has 1 aromatic heterocycles. The van der Waals surface area contributed by atoms with E-state index in [1.54, 1.807) is 12.1 Å². The van der Waals surface area contributed by atoms with Crippen molar-refractivity contribution in [2.24, 2.45) is 0 Å². The molecule has 0 spiro atoms. The summed E-state index contributed by atoms with van der Waals surface area (Å²) in [6, 6.07) is 19.0. The van der Waals surface area contributed by atoms with Crippen molar-refractivity contribution < 1.29 is 68.7 Å². The molecule has 5 aromatic rings. The average Bonchev–Trinajstić information content (AvgIpc) is 3.14. The SMILES string of the molecule is O=C(/C=C/c1ccc(O)cc1)OCC1OC(Oc2c(-c3ccc(O)cc3)oc3cc(O)cc(O)c3c2=O)C(OC(=O)/C=C/c2ccc(O)cc2)C(O)C1O. The lowest BCUT2D eigenvalue weighted by atomic mass is 9.99. The van der Waals surface area contributed by atoms with E-state index in [0.717, 1.165) is 24.3 Å².